The van der Waals surface area contributed by atoms with E-state index in [1.165, 1.54) is 16.5 Å². The monoisotopic (exact) mass is 231 g/mol. The number of benzene rings is 1. The van der Waals surface area contributed by atoms with Crippen molar-refractivity contribution in [1.82, 2.24) is 0 Å². The quantitative estimate of drug-likeness (QED) is 0.802. The van der Waals surface area contributed by atoms with Gasteiger partial charge < -0.3 is 10.2 Å². The summed E-state index contributed by atoms with van der Waals surface area (Å²) in [6.45, 7) is 10.6. The predicted molar refractivity (Wildman–Crippen MR) is 72.1 cm³/mol. The summed E-state index contributed by atoms with van der Waals surface area (Å²) >= 11 is 0. The highest BCUT2D eigenvalue weighted by Gasteiger charge is 2.27. The summed E-state index contributed by atoms with van der Waals surface area (Å²) < 4.78 is 5.92. The van der Waals surface area contributed by atoms with E-state index < -0.39 is 0 Å². The van der Waals surface area contributed by atoms with Crippen LogP contribution >= 0.6 is 0 Å². The van der Waals surface area contributed by atoms with Gasteiger partial charge in [-0.15, -0.1) is 0 Å². The summed E-state index contributed by atoms with van der Waals surface area (Å²) in [5.41, 5.74) is 9.64. The number of fused-ring (bicyclic) bond motifs is 1. The van der Waals surface area contributed by atoms with Crippen LogP contribution in [0.3, 0.4) is 0 Å². The van der Waals surface area contributed by atoms with E-state index in [2.05, 4.69) is 46.8 Å². The van der Waals surface area contributed by atoms with Gasteiger partial charge in [0.05, 0.1) is 6.04 Å². The van der Waals surface area contributed by atoms with Crippen molar-refractivity contribution in [3.8, 4) is 0 Å². The van der Waals surface area contributed by atoms with Crippen LogP contribution in [0.15, 0.2) is 22.6 Å². The molecule has 0 spiro atoms. The second-order valence-electron chi connectivity index (χ2n) is 5.93. The Morgan fingerprint density at radius 1 is 1.18 bits per heavy atom. The smallest absolute Gasteiger partial charge is 0.134 e. The molecule has 92 valence electrons. The van der Waals surface area contributed by atoms with E-state index >= 15 is 0 Å². The van der Waals surface area contributed by atoms with E-state index in [1.807, 2.05) is 6.07 Å². The molecule has 0 aliphatic rings. The van der Waals surface area contributed by atoms with Gasteiger partial charge in [-0.2, -0.15) is 0 Å². The van der Waals surface area contributed by atoms with Gasteiger partial charge in [0.2, 0.25) is 0 Å². The third-order valence-electron chi connectivity index (χ3n) is 3.34. The second kappa shape index (κ2) is 3.88. The Kier molecular flexibility index (Phi) is 2.78. The van der Waals surface area contributed by atoms with E-state index in [4.69, 9.17) is 10.2 Å². The molecule has 0 aliphatic carbocycles. The fourth-order valence-corrected chi connectivity index (χ4v) is 2.04. The summed E-state index contributed by atoms with van der Waals surface area (Å²) in [6.07, 6.45) is 0. The van der Waals surface area contributed by atoms with Gasteiger partial charge in [-0.25, -0.2) is 0 Å². The fourth-order valence-electron chi connectivity index (χ4n) is 2.04. The maximum Gasteiger partial charge on any atom is 0.134 e. The molecule has 1 atom stereocenters. The standard InChI is InChI=1S/C15H21NO/c1-9-6-7-12-11(8-9)10(2)13(17-12)14(16)15(3,4)5/h6-8,14H,16H2,1-5H3. The molecule has 0 aliphatic heterocycles. The number of nitrogens with two attached hydrogens (primary N) is 1. The van der Waals surface area contributed by atoms with E-state index in [-0.39, 0.29) is 11.5 Å². The molecule has 0 bridgehead atoms. The SMILES string of the molecule is Cc1ccc2oc(C(N)C(C)(C)C)c(C)c2c1. The summed E-state index contributed by atoms with van der Waals surface area (Å²) in [4.78, 5) is 0. The maximum atomic E-state index is 6.28. The molecule has 2 nitrogen and oxygen atoms in total. The molecule has 0 fully saturated rings. The van der Waals surface area contributed by atoms with Crippen molar-refractivity contribution in [1.29, 1.82) is 0 Å². The van der Waals surface area contributed by atoms with Crippen LogP contribution in [-0.2, 0) is 0 Å². The van der Waals surface area contributed by atoms with Gasteiger partial charge in [0.1, 0.15) is 11.3 Å². The second-order valence-corrected chi connectivity index (χ2v) is 5.93. The molecule has 2 aromatic rings. The van der Waals surface area contributed by atoms with E-state index in [9.17, 15) is 0 Å². The Morgan fingerprint density at radius 3 is 2.41 bits per heavy atom. The van der Waals surface area contributed by atoms with Crippen LogP contribution < -0.4 is 5.73 Å². The highest BCUT2D eigenvalue weighted by Crippen LogP contribution is 2.36. The van der Waals surface area contributed by atoms with Crippen LogP contribution in [-0.4, -0.2) is 0 Å². The first-order valence-electron chi connectivity index (χ1n) is 6.06. The third kappa shape index (κ3) is 2.09. The van der Waals surface area contributed by atoms with Gasteiger partial charge in [0.25, 0.3) is 0 Å². The van der Waals surface area contributed by atoms with Crippen molar-refractivity contribution in [2.75, 3.05) is 0 Å². The van der Waals surface area contributed by atoms with Crippen molar-refractivity contribution in [3.05, 3.63) is 35.1 Å². The minimum absolute atomic E-state index is 0.00762. The Morgan fingerprint density at radius 2 is 1.82 bits per heavy atom. The summed E-state index contributed by atoms with van der Waals surface area (Å²) in [5, 5.41) is 1.18. The zero-order valence-corrected chi connectivity index (χ0v) is 11.3. The van der Waals surface area contributed by atoms with E-state index in [1.54, 1.807) is 0 Å². The first kappa shape index (κ1) is 12.2. The number of furan rings is 1. The number of hydrogen-bond donors (Lipinski definition) is 1. The molecular weight excluding hydrogens is 210 g/mol. The molecule has 2 rings (SSSR count). The Labute approximate surface area is 103 Å². The topological polar surface area (TPSA) is 39.2 Å². The van der Waals surface area contributed by atoms with Crippen molar-refractivity contribution in [2.24, 2.45) is 11.1 Å². The third-order valence-corrected chi connectivity index (χ3v) is 3.34. The first-order valence-corrected chi connectivity index (χ1v) is 6.06. The lowest BCUT2D eigenvalue weighted by atomic mass is 9.85. The Balaban J connectivity index is 2.60. The average molecular weight is 231 g/mol. The van der Waals surface area contributed by atoms with Gasteiger partial charge in [0.15, 0.2) is 0 Å². The minimum Gasteiger partial charge on any atom is -0.459 e. The largest absolute Gasteiger partial charge is 0.459 e. The number of aryl methyl sites for hydroxylation is 2. The molecule has 0 amide bonds. The lowest BCUT2D eigenvalue weighted by Gasteiger charge is -2.25. The lowest BCUT2D eigenvalue weighted by molar-refractivity contribution is 0.289. The highest BCUT2D eigenvalue weighted by atomic mass is 16.3. The lowest BCUT2D eigenvalue weighted by Crippen LogP contribution is -2.26. The summed E-state index contributed by atoms with van der Waals surface area (Å²) in [7, 11) is 0. The average Bonchev–Trinajstić information content (AvgIpc) is 2.54. The van der Waals surface area contributed by atoms with Crippen molar-refractivity contribution in [2.45, 2.75) is 40.7 Å². The molecule has 1 aromatic heterocycles. The Bertz CT molecular complexity index is 546. The van der Waals surface area contributed by atoms with Crippen LogP contribution in [0.1, 0.15) is 43.7 Å². The van der Waals surface area contributed by atoms with Crippen LogP contribution in [0.4, 0.5) is 0 Å². The van der Waals surface area contributed by atoms with Crippen LogP contribution in [0.25, 0.3) is 11.0 Å². The molecule has 1 heterocycles. The molecule has 2 heteroatoms. The molecule has 0 saturated carbocycles. The summed E-state index contributed by atoms with van der Waals surface area (Å²) in [5.74, 6) is 0.915. The molecule has 1 aromatic carbocycles. The van der Waals surface area contributed by atoms with E-state index in [0.717, 1.165) is 11.3 Å². The van der Waals surface area contributed by atoms with Crippen molar-refractivity contribution >= 4 is 11.0 Å². The number of rotatable bonds is 1. The van der Waals surface area contributed by atoms with Gasteiger partial charge >= 0.3 is 0 Å². The normalized spacial score (nSPS) is 14.2. The zero-order chi connectivity index (χ0) is 12.8. The van der Waals surface area contributed by atoms with Crippen LogP contribution in [0, 0.1) is 19.3 Å². The van der Waals surface area contributed by atoms with Gasteiger partial charge in [-0.1, -0.05) is 32.4 Å². The highest BCUT2D eigenvalue weighted by molar-refractivity contribution is 5.82. The molecule has 0 radical (unpaired) electrons. The minimum atomic E-state index is -0.0739. The maximum absolute atomic E-state index is 6.28. The molecular formula is C15H21NO. The predicted octanol–water partition coefficient (Wildman–Crippen LogP) is 4.10. The molecule has 0 saturated heterocycles. The van der Waals surface area contributed by atoms with E-state index in [0.29, 0.717) is 0 Å². The Hall–Kier alpha value is -1.28. The fraction of sp³-hybridized carbons (Fsp3) is 0.467. The van der Waals surface area contributed by atoms with Gasteiger partial charge in [-0.3, -0.25) is 0 Å². The molecule has 17 heavy (non-hydrogen) atoms. The van der Waals surface area contributed by atoms with Crippen molar-refractivity contribution in [3.63, 3.8) is 0 Å². The summed E-state index contributed by atoms with van der Waals surface area (Å²) in [6, 6.07) is 6.18. The zero-order valence-electron chi connectivity index (χ0n) is 11.3. The molecule has 2 N–H and O–H groups in total. The van der Waals surface area contributed by atoms with Crippen LogP contribution in [0.5, 0.6) is 0 Å². The van der Waals surface area contributed by atoms with Crippen LogP contribution in [0.2, 0.25) is 0 Å². The van der Waals surface area contributed by atoms with Gasteiger partial charge in [0, 0.05) is 10.9 Å². The van der Waals surface area contributed by atoms with Gasteiger partial charge in [-0.05, 0) is 31.4 Å². The number of hydrogen-bond acceptors (Lipinski definition) is 2. The molecule has 1 unspecified atom stereocenters. The van der Waals surface area contributed by atoms with Crippen molar-refractivity contribution < 1.29 is 4.42 Å². The first-order chi connectivity index (χ1) is 7.80.